The number of benzene rings is 7. The maximum absolute atomic E-state index is 6.60. The molecule has 7 aromatic carbocycles. The van der Waals surface area contributed by atoms with Crippen LogP contribution in [0.25, 0.3) is 78.0 Å². The summed E-state index contributed by atoms with van der Waals surface area (Å²) < 4.78 is 12.9. The topological polar surface area (TPSA) is 102 Å². The summed E-state index contributed by atoms with van der Waals surface area (Å²) in [5.41, 5.74) is 8.34. The lowest BCUT2D eigenvalue weighted by atomic mass is 9.99. The number of furan rings is 2. The van der Waals surface area contributed by atoms with Crippen molar-refractivity contribution in [1.82, 2.24) is 20.3 Å². The minimum Gasteiger partial charge on any atom is -0.456 e. The molecule has 1 aliphatic rings. The average Bonchev–Trinajstić information content (AvgIpc) is 3.85. The Hall–Kier alpha value is -7.71. The number of hydrogen-bond acceptors (Lipinski definition) is 8. The van der Waals surface area contributed by atoms with Crippen LogP contribution in [-0.2, 0) is 0 Å². The summed E-state index contributed by atoms with van der Waals surface area (Å²) in [4.78, 5) is 25.8. The van der Waals surface area contributed by atoms with Crippen LogP contribution in [0.4, 0.5) is 0 Å². The molecule has 0 radical (unpaired) electrons. The van der Waals surface area contributed by atoms with E-state index in [9.17, 15) is 0 Å². The lowest BCUT2D eigenvalue weighted by Gasteiger charge is -2.24. The summed E-state index contributed by atoms with van der Waals surface area (Å²) in [6.07, 6.45) is -0.526. The van der Waals surface area contributed by atoms with Crippen LogP contribution in [0.2, 0.25) is 0 Å². The molecule has 0 bridgehead atoms. The van der Waals surface area contributed by atoms with E-state index < -0.39 is 6.17 Å². The molecule has 0 fully saturated rings. The van der Waals surface area contributed by atoms with Crippen LogP contribution < -0.4 is 5.32 Å². The number of amidine groups is 2. The SMILES string of the molecule is c1ccc(C2=NC(c3cc(-c4nc(-c5ccccc5)nc(-c5cccc6oc7ccccc7c56)n4)cc4oc5ccccc5c34)NC(c3ccccc3)=N2)cc1. The molecule has 0 saturated carbocycles. The molecule has 0 saturated heterocycles. The zero-order valence-electron chi connectivity index (χ0n) is 29.8. The van der Waals surface area contributed by atoms with Gasteiger partial charge < -0.3 is 14.2 Å². The first-order valence-corrected chi connectivity index (χ1v) is 18.4. The van der Waals surface area contributed by atoms with E-state index in [-0.39, 0.29) is 0 Å². The van der Waals surface area contributed by atoms with Crippen molar-refractivity contribution in [2.24, 2.45) is 9.98 Å². The quantitative estimate of drug-likeness (QED) is 0.183. The Morgan fingerprint density at radius 1 is 0.429 bits per heavy atom. The second-order valence-corrected chi connectivity index (χ2v) is 13.7. The Kier molecular flexibility index (Phi) is 7.38. The fourth-order valence-electron chi connectivity index (χ4n) is 7.60. The van der Waals surface area contributed by atoms with Crippen molar-refractivity contribution in [1.29, 1.82) is 0 Å². The fraction of sp³-hybridized carbons (Fsp3) is 0.0208. The Morgan fingerprint density at radius 3 is 1.70 bits per heavy atom. The number of para-hydroxylation sites is 2. The molecular formula is C48H30N6O2. The minimum atomic E-state index is -0.526. The number of hydrogen-bond donors (Lipinski definition) is 1. The van der Waals surface area contributed by atoms with Gasteiger partial charge in [0.25, 0.3) is 0 Å². The second kappa shape index (κ2) is 13.0. The van der Waals surface area contributed by atoms with Crippen molar-refractivity contribution in [3.63, 3.8) is 0 Å². The number of nitrogens with zero attached hydrogens (tertiary/aromatic N) is 5. The van der Waals surface area contributed by atoms with Gasteiger partial charge in [-0.25, -0.2) is 24.9 Å². The maximum atomic E-state index is 6.60. The molecule has 4 heterocycles. The summed E-state index contributed by atoms with van der Waals surface area (Å²) in [5.74, 6) is 2.96. The molecule has 56 heavy (non-hydrogen) atoms. The highest BCUT2D eigenvalue weighted by molar-refractivity contribution is 6.14. The molecule has 0 aliphatic carbocycles. The normalized spacial score (nSPS) is 14.2. The van der Waals surface area contributed by atoms with Crippen LogP contribution in [0.15, 0.2) is 189 Å². The smallest absolute Gasteiger partial charge is 0.164 e. The zero-order valence-corrected chi connectivity index (χ0v) is 29.8. The number of fused-ring (bicyclic) bond motifs is 6. The van der Waals surface area contributed by atoms with Crippen LogP contribution in [-0.4, -0.2) is 26.6 Å². The van der Waals surface area contributed by atoms with Gasteiger partial charge in [-0.2, -0.15) is 0 Å². The molecule has 10 aromatic rings. The molecule has 264 valence electrons. The molecule has 1 N–H and O–H groups in total. The molecule has 0 spiro atoms. The van der Waals surface area contributed by atoms with E-state index in [0.29, 0.717) is 28.9 Å². The molecule has 1 atom stereocenters. The van der Waals surface area contributed by atoms with E-state index >= 15 is 0 Å². The van der Waals surface area contributed by atoms with Gasteiger partial charge in [-0.3, -0.25) is 0 Å². The van der Waals surface area contributed by atoms with E-state index in [1.54, 1.807) is 0 Å². The number of aromatic nitrogens is 3. The first-order valence-electron chi connectivity index (χ1n) is 18.4. The lowest BCUT2D eigenvalue weighted by molar-refractivity contribution is 0.662. The van der Waals surface area contributed by atoms with Gasteiger partial charge in [0.2, 0.25) is 0 Å². The van der Waals surface area contributed by atoms with E-state index in [1.807, 2.05) is 140 Å². The standard InChI is InChI=1S/C48H30N6O2/c1-4-15-29(16-5-1)43-49-44(30-17-6-2-7-18-30)53-48(52-43)36-27-32(28-40-42(36)34-22-11-13-25-38(34)56-40)46-50-45(31-19-8-3-9-20-31)51-47(54-46)35-23-14-26-39-41(35)33-21-10-12-24-37(33)55-39/h1-28,48H,(H,49,52,53). The van der Waals surface area contributed by atoms with E-state index in [2.05, 4.69) is 35.6 Å². The predicted molar refractivity (Wildman–Crippen MR) is 223 cm³/mol. The summed E-state index contributed by atoms with van der Waals surface area (Å²) in [7, 11) is 0. The largest absolute Gasteiger partial charge is 0.456 e. The molecular weight excluding hydrogens is 693 g/mol. The van der Waals surface area contributed by atoms with Gasteiger partial charge in [-0.05, 0) is 30.3 Å². The highest BCUT2D eigenvalue weighted by atomic mass is 16.3. The third kappa shape index (κ3) is 5.43. The third-order valence-corrected chi connectivity index (χ3v) is 10.2. The van der Waals surface area contributed by atoms with Gasteiger partial charge in [-0.1, -0.05) is 140 Å². The van der Waals surface area contributed by atoms with Crippen LogP contribution >= 0.6 is 0 Å². The summed E-state index contributed by atoms with van der Waals surface area (Å²) >= 11 is 0. The molecule has 8 heteroatoms. The monoisotopic (exact) mass is 722 g/mol. The minimum absolute atomic E-state index is 0.502. The average molecular weight is 723 g/mol. The zero-order chi connectivity index (χ0) is 37.0. The fourth-order valence-corrected chi connectivity index (χ4v) is 7.60. The van der Waals surface area contributed by atoms with Crippen molar-refractivity contribution < 1.29 is 8.83 Å². The Bertz CT molecular complexity index is 3170. The molecule has 1 unspecified atom stereocenters. The number of rotatable bonds is 6. The van der Waals surface area contributed by atoms with Crippen molar-refractivity contribution in [3.8, 4) is 34.2 Å². The predicted octanol–water partition coefficient (Wildman–Crippen LogP) is 11.2. The maximum Gasteiger partial charge on any atom is 0.164 e. The summed E-state index contributed by atoms with van der Waals surface area (Å²) in [6.45, 7) is 0. The highest BCUT2D eigenvalue weighted by Crippen LogP contribution is 2.40. The van der Waals surface area contributed by atoms with E-state index in [0.717, 1.165) is 77.5 Å². The molecule has 1 aliphatic heterocycles. The number of aliphatic imine (C=N–C) groups is 2. The van der Waals surface area contributed by atoms with Gasteiger partial charge in [0.1, 0.15) is 34.3 Å². The third-order valence-electron chi connectivity index (χ3n) is 10.2. The van der Waals surface area contributed by atoms with Crippen LogP contribution in [0.1, 0.15) is 22.9 Å². The van der Waals surface area contributed by atoms with E-state index in [4.69, 9.17) is 33.8 Å². The van der Waals surface area contributed by atoms with Gasteiger partial charge in [0.05, 0.1) is 0 Å². The summed E-state index contributed by atoms with van der Waals surface area (Å²) in [6, 6.07) is 56.5. The number of nitrogens with one attached hydrogen (secondary N) is 1. The molecule has 11 rings (SSSR count). The van der Waals surface area contributed by atoms with Crippen molar-refractivity contribution in [2.75, 3.05) is 0 Å². The van der Waals surface area contributed by atoms with Crippen LogP contribution in [0.5, 0.6) is 0 Å². The first-order chi connectivity index (χ1) is 27.7. The van der Waals surface area contributed by atoms with Crippen LogP contribution in [0, 0.1) is 0 Å². The molecule has 3 aromatic heterocycles. The first kappa shape index (κ1) is 31.8. The van der Waals surface area contributed by atoms with Gasteiger partial charge in [0, 0.05) is 54.9 Å². The van der Waals surface area contributed by atoms with Crippen LogP contribution in [0.3, 0.4) is 0 Å². The van der Waals surface area contributed by atoms with Gasteiger partial charge >= 0.3 is 0 Å². The van der Waals surface area contributed by atoms with Crippen molar-refractivity contribution in [3.05, 3.63) is 187 Å². The van der Waals surface area contributed by atoms with Gasteiger partial charge in [-0.15, -0.1) is 0 Å². The Labute approximate surface area is 320 Å². The molecule has 8 nitrogen and oxygen atoms in total. The van der Waals surface area contributed by atoms with Crippen molar-refractivity contribution >= 4 is 55.5 Å². The van der Waals surface area contributed by atoms with Crippen molar-refractivity contribution in [2.45, 2.75) is 6.17 Å². The lowest BCUT2D eigenvalue weighted by Crippen LogP contribution is -2.33. The Balaban J connectivity index is 1.16. The highest BCUT2D eigenvalue weighted by Gasteiger charge is 2.27. The summed E-state index contributed by atoms with van der Waals surface area (Å²) in [5, 5.41) is 7.58. The van der Waals surface area contributed by atoms with Gasteiger partial charge in [0.15, 0.2) is 23.3 Å². The molecule has 0 amide bonds. The second-order valence-electron chi connectivity index (χ2n) is 13.7. The Morgan fingerprint density at radius 2 is 0.982 bits per heavy atom. The van der Waals surface area contributed by atoms with E-state index in [1.165, 1.54) is 0 Å².